The number of hydrogen-bond donors (Lipinski definition) is 2. The van der Waals surface area contributed by atoms with Gasteiger partial charge in [0.25, 0.3) is 0 Å². The van der Waals surface area contributed by atoms with E-state index >= 15 is 0 Å². The highest BCUT2D eigenvalue weighted by atomic mass is 15.3. The number of nitrogen functional groups attached to an aromatic ring is 1. The van der Waals surface area contributed by atoms with E-state index in [1.807, 2.05) is 46.0 Å². The molecule has 0 aliphatic heterocycles. The summed E-state index contributed by atoms with van der Waals surface area (Å²) in [6.45, 7) is 2.09. The van der Waals surface area contributed by atoms with Crippen molar-refractivity contribution in [2.75, 3.05) is 11.1 Å². The van der Waals surface area contributed by atoms with Gasteiger partial charge in [-0.1, -0.05) is 36.4 Å². The van der Waals surface area contributed by atoms with Gasteiger partial charge in [0, 0.05) is 48.3 Å². The van der Waals surface area contributed by atoms with Gasteiger partial charge in [-0.25, -0.2) is 9.97 Å². The first-order valence-corrected chi connectivity index (χ1v) is 11.5. The van der Waals surface area contributed by atoms with Crippen molar-refractivity contribution in [3.8, 4) is 0 Å². The van der Waals surface area contributed by atoms with E-state index in [1.54, 1.807) is 12.4 Å². The third kappa shape index (κ3) is 4.41. The Morgan fingerprint density at radius 2 is 1.51 bits per heavy atom. The molecule has 0 aliphatic carbocycles. The Hall–Kier alpha value is -4.72. The fourth-order valence-electron chi connectivity index (χ4n) is 4.27. The average Bonchev–Trinajstić information content (AvgIpc) is 3.54. The zero-order chi connectivity index (χ0) is 23.6. The molecule has 0 spiro atoms. The van der Waals surface area contributed by atoms with Crippen molar-refractivity contribution < 1.29 is 0 Å². The summed E-state index contributed by atoms with van der Waals surface area (Å²) >= 11 is 0. The van der Waals surface area contributed by atoms with E-state index < -0.39 is 0 Å². The minimum absolute atomic E-state index is 0.548. The number of benzene rings is 2. The Labute approximate surface area is 202 Å². The third-order valence-electron chi connectivity index (χ3n) is 6.06. The van der Waals surface area contributed by atoms with Crippen LogP contribution in [0.5, 0.6) is 0 Å². The summed E-state index contributed by atoms with van der Waals surface area (Å²) in [6, 6.07) is 20.7. The predicted octanol–water partition coefficient (Wildman–Crippen LogP) is 4.47. The number of fused-ring (bicyclic) bond motifs is 2. The topological polar surface area (TPSA) is 99.5 Å². The van der Waals surface area contributed by atoms with Crippen LogP contribution in [0.4, 0.5) is 11.6 Å². The number of anilines is 2. The summed E-state index contributed by atoms with van der Waals surface area (Å²) in [5.41, 5.74) is 10.4. The maximum atomic E-state index is 5.97. The lowest BCUT2D eigenvalue weighted by Gasteiger charge is -2.08. The monoisotopic (exact) mass is 460 g/mol. The predicted molar refractivity (Wildman–Crippen MR) is 138 cm³/mol. The standard InChI is InChI=1S/C27H24N8/c28-26-24-7-6-21(14-22(24)8-11-29-26)15-31-27-25-23(9-12-30-27)18-35(33-25)17-20-4-2-19(3-5-20)16-34-13-1-10-32-34/h1-14,18H,15-17H2,(H2,28,29)(H,30,31). The second-order valence-electron chi connectivity index (χ2n) is 8.55. The van der Waals surface area contributed by atoms with E-state index in [1.165, 1.54) is 11.1 Å². The molecule has 172 valence electrons. The highest BCUT2D eigenvalue weighted by Gasteiger charge is 2.09. The molecule has 3 N–H and O–H groups in total. The molecule has 0 aliphatic rings. The molecule has 6 aromatic rings. The summed E-state index contributed by atoms with van der Waals surface area (Å²) in [6.07, 6.45) is 9.37. The van der Waals surface area contributed by atoms with Crippen LogP contribution in [-0.4, -0.2) is 29.5 Å². The number of hydrogen-bond acceptors (Lipinski definition) is 6. The van der Waals surface area contributed by atoms with Crippen molar-refractivity contribution in [3.05, 3.63) is 108 Å². The van der Waals surface area contributed by atoms with Gasteiger partial charge in [-0.2, -0.15) is 10.2 Å². The van der Waals surface area contributed by atoms with Gasteiger partial charge in [0.15, 0.2) is 5.82 Å². The van der Waals surface area contributed by atoms with Crippen LogP contribution in [0.15, 0.2) is 91.6 Å². The fraction of sp³-hybridized carbons (Fsp3) is 0.111. The normalized spacial score (nSPS) is 11.3. The SMILES string of the molecule is Nc1nccc2cc(CNc3nccc4cn(Cc5ccc(Cn6cccn6)cc5)nc34)ccc12. The first-order chi connectivity index (χ1) is 17.2. The zero-order valence-corrected chi connectivity index (χ0v) is 19.0. The number of rotatable bonds is 7. The summed E-state index contributed by atoms with van der Waals surface area (Å²) in [4.78, 5) is 8.69. The summed E-state index contributed by atoms with van der Waals surface area (Å²) in [5, 5.41) is 15.6. The van der Waals surface area contributed by atoms with E-state index in [-0.39, 0.29) is 0 Å². The Morgan fingerprint density at radius 1 is 0.771 bits per heavy atom. The zero-order valence-electron chi connectivity index (χ0n) is 19.0. The largest absolute Gasteiger partial charge is 0.383 e. The Kier molecular flexibility index (Phi) is 5.31. The summed E-state index contributed by atoms with van der Waals surface area (Å²) in [5.74, 6) is 1.32. The molecule has 0 fully saturated rings. The van der Waals surface area contributed by atoms with Crippen molar-refractivity contribution in [1.29, 1.82) is 0 Å². The third-order valence-corrected chi connectivity index (χ3v) is 6.06. The molecule has 35 heavy (non-hydrogen) atoms. The number of aromatic nitrogens is 6. The molecule has 2 aromatic carbocycles. The molecule has 4 heterocycles. The maximum Gasteiger partial charge on any atom is 0.154 e. The van der Waals surface area contributed by atoms with Crippen LogP contribution in [0.25, 0.3) is 21.7 Å². The first kappa shape index (κ1) is 20.9. The number of pyridine rings is 2. The smallest absolute Gasteiger partial charge is 0.154 e. The summed E-state index contributed by atoms with van der Waals surface area (Å²) < 4.78 is 3.88. The van der Waals surface area contributed by atoms with Crippen LogP contribution in [0, 0.1) is 0 Å². The van der Waals surface area contributed by atoms with Crippen LogP contribution in [-0.2, 0) is 19.6 Å². The molecular weight excluding hydrogens is 436 g/mol. The lowest BCUT2D eigenvalue weighted by molar-refractivity contribution is 0.682. The highest BCUT2D eigenvalue weighted by Crippen LogP contribution is 2.23. The van der Waals surface area contributed by atoms with Crippen LogP contribution in [0.2, 0.25) is 0 Å². The van der Waals surface area contributed by atoms with Gasteiger partial charge >= 0.3 is 0 Å². The molecule has 0 radical (unpaired) electrons. The van der Waals surface area contributed by atoms with E-state index in [2.05, 4.69) is 63.0 Å². The lowest BCUT2D eigenvalue weighted by atomic mass is 10.1. The molecule has 8 heteroatoms. The minimum Gasteiger partial charge on any atom is -0.383 e. The first-order valence-electron chi connectivity index (χ1n) is 11.5. The number of nitrogens with one attached hydrogen (secondary N) is 1. The average molecular weight is 461 g/mol. The van der Waals surface area contributed by atoms with Crippen LogP contribution < -0.4 is 11.1 Å². The Balaban J connectivity index is 1.17. The highest BCUT2D eigenvalue weighted by molar-refractivity contribution is 5.91. The minimum atomic E-state index is 0.548. The van der Waals surface area contributed by atoms with Gasteiger partial charge in [0.05, 0.1) is 13.1 Å². The van der Waals surface area contributed by atoms with Crippen LogP contribution >= 0.6 is 0 Å². The lowest BCUT2D eigenvalue weighted by Crippen LogP contribution is -2.04. The van der Waals surface area contributed by atoms with Gasteiger partial charge in [-0.15, -0.1) is 0 Å². The molecule has 8 nitrogen and oxygen atoms in total. The Morgan fingerprint density at radius 3 is 2.31 bits per heavy atom. The van der Waals surface area contributed by atoms with Crippen molar-refractivity contribution in [1.82, 2.24) is 29.5 Å². The van der Waals surface area contributed by atoms with Crippen molar-refractivity contribution >= 4 is 33.3 Å². The second-order valence-corrected chi connectivity index (χ2v) is 8.55. The molecule has 6 rings (SSSR count). The molecule has 0 unspecified atom stereocenters. The molecular formula is C27H24N8. The number of nitrogens with two attached hydrogens (primary N) is 1. The van der Waals surface area contributed by atoms with Gasteiger partial charge in [0.2, 0.25) is 0 Å². The fourth-order valence-corrected chi connectivity index (χ4v) is 4.27. The number of nitrogens with zero attached hydrogens (tertiary/aromatic N) is 6. The Bertz CT molecular complexity index is 1600. The summed E-state index contributed by atoms with van der Waals surface area (Å²) in [7, 11) is 0. The molecule has 0 saturated carbocycles. The van der Waals surface area contributed by atoms with E-state index in [9.17, 15) is 0 Å². The van der Waals surface area contributed by atoms with Gasteiger partial charge in [-0.05, 0) is 46.3 Å². The van der Waals surface area contributed by atoms with Gasteiger partial charge in [-0.3, -0.25) is 9.36 Å². The van der Waals surface area contributed by atoms with E-state index in [0.29, 0.717) is 18.9 Å². The molecule has 0 bridgehead atoms. The maximum absolute atomic E-state index is 5.97. The van der Waals surface area contributed by atoms with Crippen LogP contribution in [0.1, 0.15) is 16.7 Å². The van der Waals surface area contributed by atoms with Gasteiger partial charge < -0.3 is 11.1 Å². The molecule has 0 saturated heterocycles. The van der Waals surface area contributed by atoms with Crippen molar-refractivity contribution in [2.24, 2.45) is 0 Å². The second kappa shape index (κ2) is 8.90. The molecule has 0 amide bonds. The van der Waals surface area contributed by atoms with Gasteiger partial charge in [0.1, 0.15) is 11.3 Å². The quantitative estimate of drug-likeness (QED) is 0.365. The van der Waals surface area contributed by atoms with Crippen LogP contribution in [0.3, 0.4) is 0 Å². The van der Waals surface area contributed by atoms with E-state index in [0.717, 1.165) is 39.6 Å². The molecule has 0 atom stereocenters. The van der Waals surface area contributed by atoms with E-state index in [4.69, 9.17) is 10.8 Å². The molecule has 4 aromatic heterocycles. The van der Waals surface area contributed by atoms with Crippen molar-refractivity contribution in [3.63, 3.8) is 0 Å². The van der Waals surface area contributed by atoms with Crippen molar-refractivity contribution in [2.45, 2.75) is 19.6 Å².